The number of anilines is 1. The lowest BCUT2D eigenvalue weighted by atomic mass is 9.90. The fourth-order valence-electron chi connectivity index (χ4n) is 4.81. The number of ether oxygens (including phenoxy) is 2. The van der Waals surface area contributed by atoms with Crippen molar-refractivity contribution in [3.05, 3.63) is 102 Å². The number of carbonyl (C=O) groups excluding carboxylic acids is 1. The highest BCUT2D eigenvalue weighted by Gasteiger charge is 2.31. The minimum Gasteiger partial charge on any atom is -0.497 e. The first kappa shape index (κ1) is 23.6. The number of aromatic nitrogens is 2. The minimum absolute atomic E-state index is 0.0841. The van der Waals surface area contributed by atoms with E-state index in [0.29, 0.717) is 17.0 Å². The van der Waals surface area contributed by atoms with Gasteiger partial charge in [0.05, 0.1) is 24.6 Å². The van der Waals surface area contributed by atoms with Crippen molar-refractivity contribution < 1.29 is 14.3 Å². The smallest absolute Gasteiger partial charge is 0.153 e. The molecule has 0 spiro atoms. The van der Waals surface area contributed by atoms with Gasteiger partial charge in [-0.2, -0.15) is 5.10 Å². The Balaban J connectivity index is 1.39. The molecule has 2 N–H and O–H groups in total. The largest absolute Gasteiger partial charge is 0.497 e. The molecule has 5 rings (SSSR count). The summed E-state index contributed by atoms with van der Waals surface area (Å²) in [5, 5.41) is 4.63. The second-order valence-electron chi connectivity index (χ2n) is 9.18. The van der Waals surface area contributed by atoms with E-state index in [-0.39, 0.29) is 12.0 Å². The van der Waals surface area contributed by atoms with Gasteiger partial charge in [-0.15, -0.1) is 0 Å². The summed E-state index contributed by atoms with van der Waals surface area (Å²) in [7, 11) is 1.66. The minimum atomic E-state index is -0.0841. The van der Waals surface area contributed by atoms with E-state index >= 15 is 0 Å². The maximum atomic E-state index is 11.6. The summed E-state index contributed by atoms with van der Waals surface area (Å²) in [5.41, 5.74) is 10.3. The molecule has 2 unspecified atom stereocenters. The van der Waals surface area contributed by atoms with Gasteiger partial charge in [-0.3, -0.25) is 9.69 Å². The summed E-state index contributed by atoms with van der Waals surface area (Å²) < 4.78 is 13.6. The average Bonchev–Trinajstić information content (AvgIpc) is 3.41. The molecule has 0 saturated carbocycles. The highest BCUT2D eigenvalue weighted by atomic mass is 16.5. The molecule has 1 aromatic heterocycles. The molecule has 7 nitrogen and oxygen atoms in total. The molecule has 0 aliphatic carbocycles. The van der Waals surface area contributed by atoms with E-state index in [0.717, 1.165) is 49.3 Å². The number of methoxy groups -OCH3 is 1. The van der Waals surface area contributed by atoms with Gasteiger partial charge in [0.15, 0.2) is 6.29 Å². The monoisotopic (exact) mass is 482 g/mol. The third kappa shape index (κ3) is 5.42. The Kier molecular flexibility index (Phi) is 7.00. The maximum Gasteiger partial charge on any atom is 0.153 e. The third-order valence-corrected chi connectivity index (χ3v) is 6.60. The molecule has 1 aliphatic heterocycles. The molecule has 0 amide bonds. The Bertz CT molecular complexity index is 1300. The Morgan fingerprint density at radius 1 is 1.06 bits per heavy atom. The highest BCUT2D eigenvalue weighted by molar-refractivity contribution is 5.81. The first-order chi connectivity index (χ1) is 17.6. The van der Waals surface area contributed by atoms with Crippen LogP contribution < -0.4 is 15.2 Å². The van der Waals surface area contributed by atoms with E-state index < -0.39 is 0 Å². The lowest BCUT2D eigenvalue weighted by Gasteiger charge is -2.37. The van der Waals surface area contributed by atoms with Crippen molar-refractivity contribution in [1.82, 2.24) is 14.7 Å². The molecular weight excluding hydrogens is 452 g/mol. The molecule has 1 saturated heterocycles. The predicted molar refractivity (Wildman–Crippen MR) is 140 cm³/mol. The summed E-state index contributed by atoms with van der Waals surface area (Å²) in [6.07, 6.45) is 5.57. The topological polar surface area (TPSA) is 82.6 Å². The molecule has 184 valence electrons. The van der Waals surface area contributed by atoms with Crippen LogP contribution in [0.5, 0.6) is 11.5 Å². The zero-order valence-corrected chi connectivity index (χ0v) is 20.3. The first-order valence-electron chi connectivity index (χ1n) is 12.1. The molecule has 2 heterocycles. The third-order valence-electron chi connectivity index (χ3n) is 6.60. The highest BCUT2D eigenvalue weighted by Crippen LogP contribution is 2.32. The second-order valence-corrected chi connectivity index (χ2v) is 9.18. The number of hydrogen-bond donors (Lipinski definition) is 1. The van der Waals surface area contributed by atoms with Crippen LogP contribution in [0.3, 0.4) is 0 Å². The molecular formula is C29H30N4O3. The second kappa shape index (κ2) is 10.7. The van der Waals surface area contributed by atoms with E-state index in [2.05, 4.69) is 40.5 Å². The zero-order valence-electron chi connectivity index (χ0n) is 20.3. The van der Waals surface area contributed by atoms with Crippen molar-refractivity contribution in [2.45, 2.75) is 25.0 Å². The summed E-state index contributed by atoms with van der Waals surface area (Å²) in [5.74, 6) is 1.61. The quantitative estimate of drug-likeness (QED) is 0.289. The van der Waals surface area contributed by atoms with Crippen LogP contribution in [0, 0.1) is 0 Å². The van der Waals surface area contributed by atoms with Crippen LogP contribution in [0.1, 0.15) is 33.8 Å². The maximum absolute atomic E-state index is 11.6. The fourth-order valence-corrected chi connectivity index (χ4v) is 4.81. The summed E-state index contributed by atoms with van der Waals surface area (Å²) in [6, 6.07) is 23.5. The van der Waals surface area contributed by atoms with Gasteiger partial charge in [-0.1, -0.05) is 30.3 Å². The van der Waals surface area contributed by atoms with Crippen LogP contribution in [0.2, 0.25) is 0 Å². The van der Waals surface area contributed by atoms with Crippen molar-refractivity contribution >= 4 is 12.0 Å². The van der Waals surface area contributed by atoms with Gasteiger partial charge in [-0.05, 0) is 60.0 Å². The number of carbonyl (C=O) groups is 1. The van der Waals surface area contributed by atoms with Crippen LogP contribution in [0.15, 0.2) is 85.2 Å². The molecule has 2 atom stereocenters. The lowest BCUT2D eigenvalue weighted by Crippen LogP contribution is -2.44. The van der Waals surface area contributed by atoms with Crippen LogP contribution in [0.25, 0.3) is 5.69 Å². The average molecular weight is 483 g/mol. The van der Waals surface area contributed by atoms with E-state index in [1.807, 2.05) is 41.2 Å². The number of aldehydes is 1. The Labute approximate surface area is 211 Å². The van der Waals surface area contributed by atoms with Crippen LogP contribution in [0.4, 0.5) is 5.69 Å². The standard InChI is InChI=1S/C29H30N4O3/c1-35-27-10-8-26(9-11-27)33-18-24(15-31-33)22-14-28(36-29-12-7-25(30)13-23(29)20-34)19-32(17-22)16-21-5-3-2-4-6-21/h2-13,15,18,20,22,28H,14,16-17,19,30H2,1H3. The number of nitrogens with zero attached hydrogens (tertiary/aromatic N) is 3. The van der Waals surface area contributed by atoms with Crippen LogP contribution >= 0.6 is 0 Å². The number of piperidine rings is 1. The fraction of sp³-hybridized carbons (Fsp3) is 0.241. The number of benzene rings is 3. The molecule has 4 aromatic rings. The number of nitrogen functional groups attached to an aromatic ring is 1. The summed E-state index contributed by atoms with van der Waals surface area (Å²) in [6.45, 7) is 2.48. The number of hydrogen-bond acceptors (Lipinski definition) is 6. The lowest BCUT2D eigenvalue weighted by molar-refractivity contribution is 0.0708. The van der Waals surface area contributed by atoms with E-state index in [9.17, 15) is 4.79 Å². The van der Waals surface area contributed by atoms with Gasteiger partial charge in [0.1, 0.15) is 17.6 Å². The van der Waals surface area contributed by atoms with Crippen molar-refractivity contribution in [3.63, 3.8) is 0 Å². The number of likely N-dealkylation sites (tertiary alicyclic amines) is 1. The van der Waals surface area contributed by atoms with Crippen LogP contribution in [-0.4, -0.2) is 47.3 Å². The normalized spacial score (nSPS) is 18.0. The van der Waals surface area contributed by atoms with Gasteiger partial charge in [0, 0.05) is 37.4 Å². The van der Waals surface area contributed by atoms with Gasteiger partial charge in [-0.25, -0.2) is 4.68 Å². The predicted octanol–water partition coefficient (Wildman–Crippen LogP) is 4.71. The van der Waals surface area contributed by atoms with Gasteiger partial charge >= 0.3 is 0 Å². The Hall–Kier alpha value is -4.10. The van der Waals surface area contributed by atoms with Gasteiger partial charge in [0.25, 0.3) is 0 Å². The van der Waals surface area contributed by atoms with E-state index in [1.165, 1.54) is 5.56 Å². The van der Waals surface area contributed by atoms with E-state index in [1.54, 1.807) is 25.3 Å². The Morgan fingerprint density at radius 2 is 1.86 bits per heavy atom. The van der Waals surface area contributed by atoms with Gasteiger partial charge in [0.2, 0.25) is 0 Å². The molecule has 0 bridgehead atoms. The zero-order chi connectivity index (χ0) is 24.9. The van der Waals surface area contributed by atoms with Crippen molar-refractivity contribution in [1.29, 1.82) is 0 Å². The summed E-state index contributed by atoms with van der Waals surface area (Å²) in [4.78, 5) is 14.0. The van der Waals surface area contributed by atoms with E-state index in [4.69, 9.17) is 15.2 Å². The number of nitrogens with two attached hydrogens (primary N) is 1. The molecule has 3 aromatic carbocycles. The Morgan fingerprint density at radius 3 is 2.61 bits per heavy atom. The number of rotatable bonds is 8. The molecule has 36 heavy (non-hydrogen) atoms. The molecule has 0 radical (unpaired) electrons. The SMILES string of the molecule is COc1ccc(-n2cc(C3CC(Oc4ccc(N)cc4C=O)CN(Cc4ccccc4)C3)cn2)cc1. The first-order valence-corrected chi connectivity index (χ1v) is 12.1. The van der Waals surface area contributed by atoms with Crippen molar-refractivity contribution in [2.24, 2.45) is 0 Å². The summed E-state index contributed by atoms with van der Waals surface area (Å²) >= 11 is 0. The molecule has 1 fully saturated rings. The van der Waals surface area contributed by atoms with Crippen molar-refractivity contribution in [3.8, 4) is 17.2 Å². The van der Waals surface area contributed by atoms with Crippen molar-refractivity contribution in [2.75, 3.05) is 25.9 Å². The molecule has 7 heteroatoms. The van der Waals surface area contributed by atoms with Crippen LogP contribution in [-0.2, 0) is 6.54 Å². The van der Waals surface area contributed by atoms with Gasteiger partial charge < -0.3 is 15.2 Å². The molecule has 1 aliphatic rings.